The molecule has 118 valence electrons. The Morgan fingerprint density at radius 2 is 2.27 bits per heavy atom. The van der Waals surface area contributed by atoms with E-state index >= 15 is 0 Å². The zero-order valence-electron chi connectivity index (χ0n) is 12.1. The Balaban J connectivity index is 2.04. The normalized spacial score (nSPS) is 10.7. The van der Waals surface area contributed by atoms with Crippen LogP contribution >= 0.6 is 11.8 Å². The molecule has 1 aromatic carbocycles. The largest absolute Gasteiger partial charge is 0.431 e. The van der Waals surface area contributed by atoms with Gasteiger partial charge in [0.1, 0.15) is 5.52 Å². The average Bonchev–Trinajstić information content (AvgIpc) is 2.90. The molecular weight excluding hydrogens is 310 g/mol. The highest BCUT2D eigenvalue weighted by Crippen LogP contribution is 2.25. The van der Waals surface area contributed by atoms with Gasteiger partial charge in [0.05, 0.1) is 0 Å². The van der Waals surface area contributed by atoms with Crippen LogP contribution in [0.3, 0.4) is 0 Å². The van der Waals surface area contributed by atoms with Gasteiger partial charge in [-0.15, -0.1) is 0 Å². The van der Waals surface area contributed by atoms with Crippen LogP contribution in [0.1, 0.15) is 30.1 Å². The van der Waals surface area contributed by atoms with Crippen LogP contribution in [0.4, 0.5) is 8.78 Å². The number of hydrogen-bond acceptors (Lipinski definition) is 4. The molecule has 0 bridgehead atoms. The molecule has 0 spiro atoms. The Bertz CT molecular complexity index is 681. The molecule has 22 heavy (non-hydrogen) atoms. The van der Waals surface area contributed by atoms with E-state index in [1.807, 2.05) is 6.92 Å². The van der Waals surface area contributed by atoms with Crippen LogP contribution in [0.25, 0.3) is 11.1 Å². The van der Waals surface area contributed by atoms with Crippen molar-refractivity contribution in [2.24, 2.45) is 0 Å². The number of rotatable bonds is 7. The molecule has 1 N–H and O–H groups in total. The smallest absolute Gasteiger partial charge is 0.266 e. The molecule has 2 aromatic rings. The number of nitrogens with zero attached hydrogens (tertiary/aromatic N) is 1. The lowest BCUT2D eigenvalue weighted by Crippen LogP contribution is -2.23. The van der Waals surface area contributed by atoms with E-state index < -0.39 is 6.08 Å². The maximum Gasteiger partial charge on any atom is 0.266 e. The highest BCUT2D eigenvalue weighted by Gasteiger charge is 2.10. The van der Waals surface area contributed by atoms with E-state index in [0.717, 1.165) is 12.5 Å². The average molecular weight is 326 g/mol. The van der Waals surface area contributed by atoms with E-state index in [-0.39, 0.29) is 12.3 Å². The standard InChI is InChI=1S/C15H16F2N2O2S/c1-2-7-18-14(20)10-5-6-11-12(9-10)21-15(19-11)22-8-3-4-13(16)17/h4-6,9H,2-3,7-8H2,1H3,(H,18,20). The van der Waals surface area contributed by atoms with Crippen molar-refractivity contribution < 1.29 is 18.0 Å². The van der Waals surface area contributed by atoms with Gasteiger partial charge in [-0.2, -0.15) is 8.78 Å². The van der Waals surface area contributed by atoms with Gasteiger partial charge in [-0.05, 0) is 37.1 Å². The van der Waals surface area contributed by atoms with Crippen LogP contribution in [0.2, 0.25) is 0 Å². The summed E-state index contributed by atoms with van der Waals surface area (Å²) in [7, 11) is 0. The summed E-state index contributed by atoms with van der Waals surface area (Å²) < 4.78 is 29.4. The fraction of sp³-hybridized carbons (Fsp3) is 0.333. The summed E-state index contributed by atoms with van der Waals surface area (Å²) in [6.07, 6.45) is 0.300. The molecule has 7 heteroatoms. The highest BCUT2D eigenvalue weighted by atomic mass is 32.2. The summed E-state index contributed by atoms with van der Waals surface area (Å²) >= 11 is 1.26. The molecule has 0 aliphatic carbocycles. The number of carbonyl (C=O) groups is 1. The van der Waals surface area contributed by atoms with Crippen molar-refractivity contribution in [3.05, 3.63) is 35.9 Å². The molecule has 0 atom stereocenters. The van der Waals surface area contributed by atoms with Crippen molar-refractivity contribution in [3.63, 3.8) is 0 Å². The zero-order valence-corrected chi connectivity index (χ0v) is 12.9. The second kappa shape index (κ2) is 7.93. The van der Waals surface area contributed by atoms with Crippen LogP contribution in [-0.4, -0.2) is 23.2 Å². The predicted octanol–water partition coefficient (Wildman–Crippen LogP) is 4.23. The van der Waals surface area contributed by atoms with Crippen molar-refractivity contribution in [2.75, 3.05) is 12.3 Å². The van der Waals surface area contributed by atoms with Crippen LogP contribution < -0.4 is 5.32 Å². The minimum atomic E-state index is -1.68. The molecule has 0 saturated carbocycles. The predicted molar refractivity (Wildman–Crippen MR) is 82.3 cm³/mol. The lowest BCUT2D eigenvalue weighted by Gasteiger charge is -2.02. The van der Waals surface area contributed by atoms with Gasteiger partial charge >= 0.3 is 0 Å². The molecule has 0 radical (unpaired) electrons. The van der Waals surface area contributed by atoms with E-state index in [9.17, 15) is 13.6 Å². The quantitative estimate of drug-likeness (QED) is 0.611. The van der Waals surface area contributed by atoms with Gasteiger partial charge < -0.3 is 9.73 Å². The van der Waals surface area contributed by atoms with Crippen molar-refractivity contribution >= 4 is 28.8 Å². The van der Waals surface area contributed by atoms with Crippen molar-refractivity contribution in [1.82, 2.24) is 10.3 Å². The number of carbonyl (C=O) groups excluding carboxylic acids is 1. The van der Waals surface area contributed by atoms with Crippen molar-refractivity contribution in [1.29, 1.82) is 0 Å². The van der Waals surface area contributed by atoms with Crippen molar-refractivity contribution in [3.8, 4) is 0 Å². The zero-order chi connectivity index (χ0) is 15.9. The van der Waals surface area contributed by atoms with Crippen molar-refractivity contribution in [2.45, 2.75) is 25.0 Å². The number of amides is 1. The second-order valence-corrected chi connectivity index (χ2v) is 5.60. The first-order chi connectivity index (χ1) is 10.6. The number of fused-ring (bicyclic) bond motifs is 1. The summed E-state index contributed by atoms with van der Waals surface area (Å²) in [6.45, 7) is 2.60. The Kier molecular flexibility index (Phi) is 5.94. The number of allylic oxidation sites excluding steroid dienone is 1. The number of benzene rings is 1. The maximum atomic E-state index is 11.9. The third kappa shape index (κ3) is 4.56. The van der Waals surface area contributed by atoms with Gasteiger partial charge in [0.2, 0.25) is 0 Å². The molecule has 0 saturated heterocycles. The topological polar surface area (TPSA) is 55.1 Å². The van der Waals surface area contributed by atoms with Gasteiger partial charge in [0, 0.05) is 17.9 Å². The lowest BCUT2D eigenvalue weighted by atomic mass is 10.2. The third-order valence-electron chi connectivity index (χ3n) is 2.81. The summed E-state index contributed by atoms with van der Waals surface area (Å²) in [5.74, 6) is 0.298. The number of hydrogen-bond donors (Lipinski definition) is 1. The Labute approximate surface area is 131 Å². The number of oxazole rings is 1. The highest BCUT2D eigenvalue weighted by molar-refractivity contribution is 7.99. The van der Waals surface area contributed by atoms with Gasteiger partial charge in [0.15, 0.2) is 5.58 Å². The van der Waals surface area contributed by atoms with E-state index in [0.29, 0.717) is 34.2 Å². The molecule has 1 heterocycles. The monoisotopic (exact) mass is 326 g/mol. The fourth-order valence-electron chi connectivity index (χ4n) is 1.76. The number of thioether (sulfide) groups is 1. The van der Waals surface area contributed by atoms with Crippen LogP contribution in [0.5, 0.6) is 0 Å². The van der Waals surface area contributed by atoms with E-state index in [2.05, 4.69) is 10.3 Å². The molecule has 0 unspecified atom stereocenters. The van der Waals surface area contributed by atoms with Gasteiger partial charge in [0.25, 0.3) is 17.2 Å². The Hall–Kier alpha value is -1.89. The van der Waals surface area contributed by atoms with E-state index in [1.165, 1.54) is 11.8 Å². The second-order valence-electron chi connectivity index (χ2n) is 4.55. The summed E-state index contributed by atoms with van der Waals surface area (Å²) in [4.78, 5) is 16.1. The maximum absolute atomic E-state index is 11.9. The molecule has 0 aliphatic heterocycles. The summed E-state index contributed by atoms with van der Waals surface area (Å²) in [6, 6.07) is 5.04. The summed E-state index contributed by atoms with van der Waals surface area (Å²) in [5, 5.41) is 3.20. The number of aromatic nitrogens is 1. The Morgan fingerprint density at radius 1 is 1.45 bits per heavy atom. The minimum absolute atomic E-state index is 0.155. The first-order valence-electron chi connectivity index (χ1n) is 6.93. The van der Waals surface area contributed by atoms with Gasteiger partial charge in [-0.1, -0.05) is 18.7 Å². The number of halogens is 2. The molecule has 1 aromatic heterocycles. The first-order valence-corrected chi connectivity index (χ1v) is 7.91. The molecule has 0 aliphatic rings. The molecular formula is C15H16F2N2O2S. The minimum Gasteiger partial charge on any atom is -0.431 e. The lowest BCUT2D eigenvalue weighted by molar-refractivity contribution is 0.0953. The van der Waals surface area contributed by atoms with Crippen LogP contribution in [0, 0.1) is 0 Å². The van der Waals surface area contributed by atoms with E-state index in [1.54, 1.807) is 18.2 Å². The van der Waals surface area contributed by atoms with Gasteiger partial charge in [-0.3, -0.25) is 4.79 Å². The summed E-state index contributed by atoms with van der Waals surface area (Å²) in [5.41, 5.74) is 1.66. The molecule has 0 fully saturated rings. The molecule has 2 rings (SSSR count). The van der Waals surface area contributed by atoms with Gasteiger partial charge in [-0.25, -0.2) is 4.98 Å². The SMILES string of the molecule is CCCNC(=O)c1ccc2nc(SCCC=C(F)F)oc2c1. The first kappa shape index (κ1) is 16.5. The number of nitrogens with one attached hydrogen (secondary N) is 1. The fourth-order valence-corrected chi connectivity index (χ4v) is 2.48. The molecule has 1 amide bonds. The molecule has 4 nitrogen and oxygen atoms in total. The van der Waals surface area contributed by atoms with Crippen LogP contribution in [-0.2, 0) is 0 Å². The Morgan fingerprint density at radius 3 is 3.00 bits per heavy atom. The van der Waals surface area contributed by atoms with E-state index in [4.69, 9.17) is 4.42 Å². The third-order valence-corrected chi connectivity index (χ3v) is 3.67. The van der Waals surface area contributed by atoms with Crippen LogP contribution in [0.15, 0.2) is 40.0 Å².